The summed E-state index contributed by atoms with van der Waals surface area (Å²) in [6.45, 7) is 0. The number of fused-ring (bicyclic) bond motifs is 5. The van der Waals surface area contributed by atoms with Gasteiger partial charge in [-0.05, 0) is 56.3 Å². The summed E-state index contributed by atoms with van der Waals surface area (Å²) in [4.78, 5) is 14.8. The van der Waals surface area contributed by atoms with Crippen molar-refractivity contribution in [3.05, 3.63) is 198 Å². The van der Waals surface area contributed by atoms with Crippen LogP contribution < -0.4 is 0 Å². The third-order valence-electron chi connectivity index (χ3n) is 9.66. The van der Waals surface area contributed by atoms with Crippen LogP contribution in [0.2, 0.25) is 0 Å². The van der Waals surface area contributed by atoms with E-state index >= 15 is 0 Å². The molecular weight excluding hydrogens is 597 g/mol. The van der Waals surface area contributed by atoms with Crippen molar-refractivity contribution in [2.24, 2.45) is 0 Å². The fraction of sp³-hybridized carbons (Fsp3) is 0.0222. The van der Waals surface area contributed by atoms with Gasteiger partial charge in [-0.1, -0.05) is 158 Å². The third kappa shape index (κ3) is 4.56. The summed E-state index contributed by atoms with van der Waals surface area (Å²) in [6, 6.07) is 61.0. The Bertz CT molecular complexity index is 2480. The Kier molecular flexibility index (Phi) is 6.71. The monoisotopic (exact) mass is 624 g/mol. The van der Waals surface area contributed by atoms with Crippen molar-refractivity contribution in [2.45, 2.75) is 5.41 Å². The topological polar surface area (TPSA) is 62.5 Å². The summed E-state index contributed by atoms with van der Waals surface area (Å²) in [7, 11) is 0. The van der Waals surface area contributed by atoms with E-state index in [0.29, 0.717) is 23.0 Å². The third-order valence-corrected chi connectivity index (χ3v) is 9.66. The Morgan fingerprint density at radius 3 is 1.55 bits per heavy atom. The molecule has 4 heteroatoms. The standard InChI is InChI=1S/C45H28N4/c46-29-30-19-24-35(25-20-30)45(39-18-10-9-17-38(39)41-37-16-8-7-11-31(37)23-28-40(41)45)36-26-21-34(22-27-36)44-48-42(32-12-3-1-4-13-32)47-43(49-44)33-14-5-2-6-15-33/h1-28H. The van der Waals surface area contributed by atoms with E-state index in [0.717, 1.165) is 27.8 Å². The first-order chi connectivity index (χ1) is 24.2. The summed E-state index contributed by atoms with van der Waals surface area (Å²) < 4.78 is 0. The molecule has 0 N–H and O–H groups in total. The quantitative estimate of drug-likeness (QED) is 0.191. The molecule has 1 heterocycles. The Balaban J connectivity index is 1.27. The van der Waals surface area contributed by atoms with Crippen LogP contribution in [0.3, 0.4) is 0 Å². The lowest BCUT2D eigenvalue weighted by atomic mass is 9.67. The molecule has 1 aromatic heterocycles. The van der Waals surface area contributed by atoms with Crippen LogP contribution in [0.15, 0.2) is 170 Å². The number of hydrogen-bond donors (Lipinski definition) is 0. The Labute approximate surface area is 284 Å². The molecule has 0 bridgehead atoms. The molecule has 0 amide bonds. The molecule has 4 nitrogen and oxygen atoms in total. The molecule has 0 spiro atoms. The minimum atomic E-state index is -0.605. The fourth-order valence-electron chi connectivity index (χ4n) is 7.44. The van der Waals surface area contributed by atoms with Gasteiger partial charge in [-0.25, -0.2) is 15.0 Å². The zero-order valence-corrected chi connectivity index (χ0v) is 26.5. The first-order valence-corrected chi connectivity index (χ1v) is 16.3. The van der Waals surface area contributed by atoms with Crippen LogP contribution in [0.25, 0.3) is 56.1 Å². The molecule has 0 aliphatic heterocycles. The summed E-state index contributed by atoms with van der Waals surface area (Å²) in [5, 5.41) is 12.1. The van der Waals surface area contributed by atoms with Gasteiger partial charge in [0.15, 0.2) is 17.5 Å². The molecule has 1 unspecified atom stereocenters. The van der Waals surface area contributed by atoms with Crippen molar-refractivity contribution in [1.82, 2.24) is 15.0 Å². The number of benzene rings is 7. The average Bonchev–Trinajstić information content (AvgIpc) is 3.50. The molecular formula is C45H28N4. The lowest BCUT2D eigenvalue weighted by Crippen LogP contribution is -2.28. The van der Waals surface area contributed by atoms with Crippen LogP contribution in [-0.2, 0) is 5.41 Å². The van der Waals surface area contributed by atoms with E-state index in [4.69, 9.17) is 15.0 Å². The molecule has 1 atom stereocenters. The van der Waals surface area contributed by atoms with Gasteiger partial charge < -0.3 is 0 Å². The van der Waals surface area contributed by atoms with Crippen LogP contribution in [0, 0.1) is 11.3 Å². The lowest BCUT2D eigenvalue weighted by Gasteiger charge is -2.34. The van der Waals surface area contributed by atoms with E-state index in [2.05, 4.69) is 103 Å². The van der Waals surface area contributed by atoms with Gasteiger partial charge in [-0.15, -0.1) is 0 Å². The molecule has 0 saturated carbocycles. The van der Waals surface area contributed by atoms with E-state index in [-0.39, 0.29) is 0 Å². The maximum atomic E-state index is 9.67. The van der Waals surface area contributed by atoms with Crippen molar-refractivity contribution in [3.8, 4) is 51.4 Å². The summed E-state index contributed by atoms with van der Waals surface area (Å²) in [5.41, 5.74) is 9.96. The van der Waals surface area contributed by atoms with E-state index in [1.54, 1.807) is 0 Å². The predicted molar refractivity (Wildman–Crippen MR) is 196 cm³/mol. The van der Waals surface area contributed by atoms with Gasteiger partial charge in [-0.2, -0.15) is 5.26 Å². The summed E-state index contributed by atoms with van der Waals surface area (Å²) in [5.74, 6) is 1.88. The second-order valence-electron chi connectivity index (χ2n) is 12.3. The van der Waals surface area contributed by atoms with Gasteiger partial charge in [0.05, 0.1) is 17.0 Å². The number of hydrogen-bond acceptors (Lipinski definition) is 4. The van der Waals surface area contributed by atoms with Crippen LogP contribution in [0.1, 0.15) is 27.8 Å². The highest BCUT2D eigenvalue weighted by atomic mass is 15.0. The van der Waals surface area contributed by atoms with E-state index < -0.39 is 5.41 Å². The smallest absolute Gasteiger partial charge is 0.164 e. The Morgan fingerprint density at radius 2 is 0.939 bits per heavy atom. The number of rotatable bonds is 5. The van der Waals surface area contributed by atoms with E-state index in [1.165, 1.54) is 33.0 Å². The molecule has 9 rings (SSSR count). The average molecular weight is 625 g/mol. The largest absolute Gasteiger partial charge is 0.208 e. The molecule has 1 aliphatic carbocycles. The van der Waals surface area contributed by atoms with Crippen molar-refractivity contribution >= 4 is 10.8 Å². The highest BCUT2D eigenvalue weighted by molar-refractivity contribution is 6.04. The van der Waals surface area contributed by atoms with E-state index in [9.17, 15) is 5.26 Å². The van der Waals surface area contributed by atoms with Crippen LogP contribution in [0.4, 0.5) is 0 Å². The molecule has 0 fully saturated rings. The number of aromatic nitrogens is 3. The van der Waals surface area contributed by atoms with Crippen molar-refractivity contribution in [1.29, 1.82) is 5.26 Å². The van der Waals surface area contributed by atoms with Gasteiger partial charge >= 0.3 is 0 Å². The summed E-state index contributed by atoms with van der Waals surface area (Å²) >= 11 is 0. The maximum absolute atomic E-state index is 9.67. The van der Waals surface area contributed by atoms with Gasteiger partial charge in [0, 0.05) is 16.7 Å². The normalized spacial score (nSPS) is 14.6. The highest BCUT2D eigenvalue weighted by Crippen LogP contribution is 2.57. The summed E-state index contributed by atoms with van der Waals surface area (Å²) in [6.07, 6.45) is 0. The van der Waals surface area contributed by atoms with Gasteiger partial charge in [0.2, 0.25) is 0 Å². The lowest BCUT2D eigenvalue weighted by molar-refractivity contribution is 0.769. The van der Waals surface area contributed by atoms with Crippen molar-refractivity contribution in [2.75, 3.05) is 0 Å². The van der Waals surface area contributed by atoms with Gasteiger partial charge in [-0.3, -0.25) is 0 Å². The van der Waals surface area contributed by atoms with Crippen LogP contribution in [-0.4, -0.2) is 15.0 Å². The molecule has 0 saturated heterocycles. The second-order valence-corrected chi connectivity index (χ2v) is 12.3. The van der Waals surface area contributed by atoms with E-state index in [1.807, 2.05) is 72.8 Å². The predicted octanol–water partition coefficient (Wildman–Crippen LogP) is 10.3. The van der Waals surface area contributed by atoms with Gasteiger partial charge in [0.1, 0.15) is 0 Å². The minimum absolute atomic E-state index is 0.605. The Hall–Kier alpha value is -6.70. The fourth-order valence-corrected chi connectivity index (χ4v) is 7.44. The Morgan fingerprint density at radius 1 is 0.429 bits per heavy atom. The molecule has 1 aliphatic rings. The van der Waals surface area contributed by atoms with Crippen molar-refractivity contribution in [3.63, 3.8) is 0 Å². The van der Waals surface area contributed by atoms with Crippen LogP contribution >= 0.6 is 0 Å². The zero-order valence-electron chi connectivity index (χ0n) is 26.5. The zero-order chi connectivity index (χ0) is 32.8. The van der Waals surface area contributed by atoms with Crippen LogP contribution in [0.5, 0.6) is 0 Å². The first-order valence-electron chi connectivity index (χ1n) is 16.3. The first kappa shape index (κ1) is 28.5. The second kappa shape index (κ2) is 11.5. The maximum Gasteiger partial charge on any atom is 0.164 e. The minimum Gasteiger partial charge on any atom is -0.208 e. The van der Waals surface area contributed by atoms with Gasteiger partial charge in [0.25, 0.3) is 0 Å². The van der Waals surface area contributed by atoms with Crippen molar-refractivity contribution < 1.29 is 0 Å². The SMILES string of the molecule is N#Cc1ccc(C2(c3ccc(-c4nc(-c5ccccc5)nc(-c5ccccc5)n4)cc3)c3ccccc3-c3c2ccc2ccccc32)cc1. The highest BCUT2D eigenvalue weighted by Gasteiger charge is 2.46. The number of nitriles is 1. The number of nitrogens with zero attached hydrogens (tertiary/aromatic N) is 4. The molecule has 7 aromatic carbocycles. The molecule has 49 heavy (non-hydrogen) atoms. The molecule has 8 aromatic rings. The molecule has 0 radical (unpaired) electrons. The molecule has 228 valence electrons.